The first-order valence-electron chi connectivity index (χ1n) is 6.82. The quantitative estimate of drug-likeness (QED) is 0.810. The lowest BCUT2D eigenvalue weighted by Gasteiger charge is -2.32. The molecular formula is C13H24N2O3S. The number of thioether (sulfide) groups is 1. The minimum absolute atomic E-state index is 0.0121. The van der Waals surface area contributed by atoms with Crippen molar-refractivity contribution in [1.29, 1.82) is 0 Å². The number of urea groups is 1. The fourth-order valence-corrected chi connectivity index (χ4v) is 3.25. The second-order valence-corrected chi connectivity index (χ2v) is 6.63. The van der Waals surface area contributed by atoms with Gasteiger partial charge >= 0.3 is 12.0 Å². The Kier molecular flexibility index (Phi) is 6.48. The summed E-state index contributed by atoms with van der Waals surface area (Å²) in [6, 6.07) is -0.134. The van der Waals surface area contributed by atoms with Gasteiger partial charge in [0.2, 0.25) is 0 Å². The van der Waals surface area contributed by atoms with Gasteiger partial charge in [-0.1, -0.05) is 20.8 Å². The number of aliphatic carboxylic acids is 1. The molecule has 0 saturated carbocycles. The highest BCUT2D eigenvalue weighted by atomic mass is 32.2. The summed E-state index contributed by atoms with van der Waals surface area (Å²) in [5, 5.41) is 12.3. The number of carbonyl (C=O) groups excluding carboxylic acids is 1. The minimum atomic E-state index is -0.851. The van der Waals surface area contributed by atoms with Crippen LogP contribution in [-0.4, -0.2) is 52.6 Å². The van der Waals surface area contributed by atoms with Crippen LogP contribution in [0.2, 0.25) is 0 Å². The van der Waals surface area contributed by atoms with Gasteiger partial charge in [0, 0.05) is 30.6 Å². The highest BCUT2D eigenvalue weighted by molar-refractivity contribution is 8.00. The van der Waals surface area contributed by atoms with Crippen molar-refractivity contribution in [3.8, 4) is 0 Å². The summed E-state index contributed by atoms with van der Waals surface area (Å²) >= 11 is 1.90. The van der Waals surface area contributed by atoms with Crippen LogP contribution >= 0.6 is 11.8 Å². The normalized spacial score (nSPS) is 21.3. The third-order valence-electron chi connectivity index (χ3n) is 3.48. The fraction of sp³-hybridized carbons (Fsp3) is 0.846. The summed E-state index contributed by atoms with van der Waals surface area (Å²) in [7, 11) is 0. The third-order valence-corrected chi connectivity index (χ3v) is 4.85. The van der Waals surface area contributed by atoms with Gasteiger partial charge in [-0.25, -0.2) is 4.79 Å². The molecule has 0 aromatic carbocycles. The maximum atomic E-state index is 12.0. The lowest BCUT2D eigenvalue weighted by atomic mass is 9.96. The number of carboxylic acids is 1. The molecule has 110 valence electrons. The van der Waals surface area contributed by atoms with Crippen LogP contribution < -0.4 is 5.32 Å². The third kappa shape index (κ3) is 4.93. The van der Waals surface area contributed by atoms with Crippen molar-refractivity contribution in [3.63, 3.8) is 0 Å². The van der Waals surface area contributed by atoms with Crippen LogP contribution in [-0.2, 0) is 4.79 Å². The van der Waals surface area contributed by atoms with Gasteiger partial charge in [0.05, 0.1) is 5.92 Å². The standard InChI is InChI=1S/C13H24N2O3S/c1-4-10-8-15(5-6-19-10)13(18)14-7-11(9(2)3)12(16)17/h9-11H,4-8H2,1-3H3,(H,14,18)(H,16,17). The van der Waals surface area contributed by atoms with Gasteiger partial charge in [-0.3, -0.25) is 4.79 Å². The molecule has 1 aliphatic heterocycles. The first kappa shape index (κ1) is 16.1. The summed E-state index contributed by atoms with van der Waals surface area (Å²) in [6.07, 6.45) is 1.05. The molecule has 1 aliphatic rings. The van der Waals surface area contributed by atoms with E-state index in [9.17, 15) is 9.59 Å². The largest absolute Gasteiger partial charge is 0.481 e. The smallest absolute Gasteiger partial charge is 0.317 e. The molecule has 2 amide bonds. The van der Waals surface area contributed by atoms with Gasteiger partial charge in [0.1, 0.15) is 0 Å². The number of carboxylic acid groups (broad SMARTS) is 1. The lowest BCUT2D eigenvalue weighted by molar-refractivity contribution is -0.142. The molecule has 2 atom stereocenters. The molecule has 1 rings (SSSR count). The molecule has 2 N–H and O–H groups in total. The van der Waals surface area contributed by atoms with Crippen molar-refractivity contribution in [3.05, 3.63) is 0 Å². The van der Waals surface area contributed by atoms with E-state index in [1.807, 2.05) is 25.6 Å². The average molecular weight is 288 g/mol. The van der Waals surface area contributed by atoms with Crippen LogP contribution in [0.25, 0.3) is 0 Å². The number of nitrogens with one attached hydrogen (secondary N) is 1. The molecule has 5 nitrogen and oxygen atoms in total. The zero-order chi connectivity index (χ0) is 14.4. The molecule has 1 saturated heterocycles. The zero-order valence-corrected chi connectivity index (χ0v) is 12.7. The van der Waals surface area contributed by atoms with Crippen LogP contribution in [0.1, 0.15) is 27.2 Å². The number of amides is 2. The van der Waals surface area contributed by atoms with Crippen molar-refractivity contribution >= 4 is 23.8 Å². The van der Waals surface area contributed by atoms with E-state index >= 15 is 0 Å². The predicted molar refractivity (Wildman–Crippen MR) is 77.5 cm³/mol. The molecule has 2 unspecified atom stereocenters. The molecule has 19 heavy (non-hydrogen) atoms. The number of hydrogen-bond acceptors (Lipinski definition) is 3. The van der Waals surface area contributed by atoms with Crippen molar-refractivity contribution < 1.29 is 14.7 Å². The minimum Gasteiger partial charge on any atom is -0.481 e. The molecule has 0 spiro atoms. The second-order valence-electron chi connectivity index (χ2n) is 5.22. The number of carbonyl (C=O) groups is 2. The van der Waals surface area contributed by atoms with Crippen LogP contribution in [0.5, 0.6) is 0 Å². The van der Waals surface area contributed by atoms with E-state index in [1.54, 1.807) is 4.90 Å². The summed E-state index contributed by atoms with van der Waals surface area (Å²) in [5.74, 6) is -0.405. The number of rotatable bonds is 5. The molecule has 1 heterocycles. The monoisotopic (exact) mass is 288 g/mol. The maximum Gasteiger partial charge on any atom is 0.317 e. The Morgan fingerprint density at radius 2 is 2.16 bits per heavy atom. The highest BCUT2D eigenvalue weighted by Gasteiger charge is 2.26. The maximum absolute atomic E-state index is 12.0. The SMILES string of the molecule is CCC1CN(C(=O)NCC(C(=O)O)C(C)C)CCS1. The van der Waals surface area contributed by atoms with Gasteiger partial charge in [0.15, 0.2) is 0 Å². The van der Waals surface area contributed by atoms with Gasteiger partial charge in [-0.2, -0.15) is 11.8 Å². The fourth-order valence-electron chi connectivity index (χ4n) is 2.07. The van der Waals surface area contributed by atoms with E-state index in [1.165, 1.54) is 0 Å². The second kappa shape index (κ2) is 7.62. The molecule has 6 heteroatoms. The summed E-state index contributed by atoms with van der Waals surface area (Å²) in [4.78, 5) is 24.9. The van der Waals surface area contributed by atoms with Crippen molar-refractivity contribution in [2.45, 2.75) is 32.4 Å². The molecule has 1 fully saturated rings. The molecule has 0 radical (unpaired) electrons. The predicted octanol–water partition coefficient (Wildman–Crippen LogP) is 1.88. The Morgan fingerprint density at radius 3 is 2.68 bits per heavy atom. The summed E-state index contributed by atoms with van der Waals surface area (Å²) in [5.41, 5.74) is 0. The van der Waals surface area contributed by atoms with Gasteiger partial charge in [-0.05, 0) is 12.3 Å². The summed E-state index contributed by atoms with van der Waals surface area (Å²) in [6.45, 7) is 7.54. The van der Waals surface area contributed by atoms with E-state index in [4.69, 9.17) is 5.11 Å². The molecule has 0 aromatic heterocycles. The Hall–Kier alpha value is -0.910. The number of nitrogens with zero attached hydrogens (tertiary/aromatic N) is 1. The average Bonchev–Trinajstić information content (AvgIpc) is 2.38. The van der Waals surface area contributed by atoms with Crippen LogP contribution in [0, 0.1) is 11.8 Å². The Labute approximate surface area is 119 Å². The van der Waals surface area contributed by atoms with E-state index in [2.05, 4.69) is 12.2 Å². The lowest BCUT2D eigenvalue weighted by Crippen LogP contribution is -2.48. The molecule has 0 bridgehead atoms. The van der Waals surface area contributed by atoms with Crippen molar-refractivity contribution in [1.82, 2.24) is 10.2 Å². The molecule has 0 aliphatic carbocycles. The van der Waals surface area contributed by atoms with Gasteiger partial charge < -0.3 is 15.3 Å². The van der Waals surface area contributed by atoms with E-state index in [0.29, 0.717) is 5.25 Å². The zero-order valence-electron chi connectivity index (χ0n) is 11.9. The Bertz CT molecular complexity index is 323. The van der Waals surface area contributed by atoms with Crippen molar-refractivity contribution in [2.75, 3.05) is 25.4 Å². The van der Waals surface area contributed by atoms with Crippen molar-refractivity contribution in [2.24, 2.45) is 11.8 Å². The van der Waals surface area contributed by atoms with Crippen LogP contribution in [0.4, 0.5) is 4.79 Å². The topological polar surface area (TPSA) is 69.6 Å². The van der Waals surface area contributed by atoms with Crippen LogP contribution in [0.15, 0.2) is 0 Å². The van der Waals surface area contributed by atoms with Gasteiger partial charge in [0.25, 0.3) is 0 Å². The molecular weight excluding hydrogens is 264 g/mol. The first-order valence-corrected chi connectivity index (χ1v) is 7.87. The Morgan fingerprint density at radius 1 is 1.47 bits per heavy atom. The van der Waals surface area contributed by atoms with Crippen LogP contribution in [0.3, 0.4) is 0 Å². The summed E-state index contributed by atoms with van der Waals surface area (Å²) < 4.78 is 0. The van der Waals surface area contributed by atoms with E-state index in [0.717, 1.165) is 25.3 Å². The Balaban J connectivity index is 2.43. The molecule has 0 aromatic rings. The highest BCUT2D eigenvalue weighted by Crippen LogP contribution is 2.21. The number of hydrogen-bond donors (Lipinski definition) is 2. The first-order chi connectivity index (χ1) is 8.95. The van der Waals surface area contributed by atoms with E-state index < -0.39 is 11.9 Å². The van der Waals surface area contributed by atoms with Gasteiger partial charge in [-0.15, -0.1) is 0 Å². The van der Waals surface area contributed by atoms with E-state index in [-0.39, 0.29) is 18.5 Å².